The Labute approximate surface area is 123 Å². The van der Waals surface area contributed by atoms with Crippen molar-refractivity contribution in [2.24, 2.45) is 17.8 Å². The number of fused-ring (bicyclic) bond motifs is 1. The van der Waals surface area contributed by atoms with Gasteiger partial charge in [-0.25, -0.2) is 0 Å². The van der Waals surface area contributed by atoms with Crippen LogP contribution in [0.5, 0.6) is 0 Å². The van der Waals surface area contributed by atoms with Crippen LogP contribution in [0, 0.1) is 44.9 Å². The molecule has 0 nitrogen and oxygen atoms in total. The zero-order valence-corrected chi connectivity index (χ0v) is 13.0. The lowest BCUT2D eigenvalue weighted by molar-refractivity contribution is 0.383. The summed E-state index contributed by atoms with van der Waals surface area (Å²) in [6, 6.07) is 4.61. The zero-order valence-electron chi connectivity index (χ0n) is 13.0. The molecule has 2 aliphatic rings. The van der Waals surface area contributed by atoms with E-state index in [0.29, 0.717) is 23.7 Å². The molecule has 0 aliphatic heterocycles. The highest BCUT2D eigenvalue weighted by atomic mass is 14.4. The second-order valence-electron chi connectivity index (χ2n) is 6.31. The number of rotatable bonds is 2. The molecule has 104 valence electrons. The maximum atomic E-state index is 3.86. The highest BCUT2D eigenvalue weighted by Gasteiger charge is 2.41. The Bertz CT molecular complexity index is 562. The minimum absolute atomic E-state index is 0.488. The molecular formula is C20H24. The molecule has 0 heterocycles. The first-order valence-electron chi connectivity index (χ1n) is 7.81. The van der Waals surface area contributed by atoms with Crippen LogP contribution in [-0.4, -0.2) is 0 Å². The molecule has 0 amide bonds. The Balaban J connectivity index is 2.00. The summed E-state index contributed by atoms with van der Waals surface area (Å²) in [6.07, 6.45) is 14.2. The van der Waals surface area contributed by atoms with Crippen molar-refractivity contribution >= 4 is 0 Å². The van der Waals surface area contributed by atoms with E-state index in [1.165, 1.54) is 28.7 Å². The van der Waals surface area contributed by atoms with E-state index in [1.54, 1.807) is 0 Å². The van der Waals surface area contributed by atoms with Gasteiger partial charge in [-0.1, -0.05) is 49.8 Å². The molecule has 4 unspecified atom stereocenters. The van der Waals surface area contributed by atoms with Crippen molar-refractivity contribution in [1.29, 1.82) is 0 Å². The van der Waals surface area contributed by atoms with Crippen molar-refractivity contribution in [3.63, 3.8) is 0 Å². The van der Waals surface area contributed by atoms with Crippen LogP contribution in [-0.2, 0) is 0 Å². The predicted octanol–water partition coefficient (Wildman–Crippen LogP) is 5.17. The number of aryl methyl sites for hydroxylation is 1. The molecule has 1 aromatic carbocycles. The van der Waals surface area contributed by atoms with E-state index >= 15 is 0 Å². The number of hydrogen-bond donors (Lipinski definition) is 0. The van der Waals surface area contributed by atoms with Crippen molar-refractivity contribution in [3.8, 4) is 0 Å². The lowest BCUT2D eigenvalue weighted by atomic mass is 9.79. The van der Waals surface area contributed by atoms with Gasteiger partial charge in [-0.05, 0) is 73.1 Å². The van der Waals surface area contributed by atoms with Gasteiger partial charge in [0.05, 0.1) is 0 Å². The van der Waals surface area contributed by atoms with Gasteiger partial charge in [0.15, 0.2) is 0 Å². The standard InChI is InChI=1S/C20H24/c1-5-17-19-9-7-6-8-16(19)12-20(17)18-11-10-13(2)14(3)15(18)4/h6-11,16-17,19-20H,5H2,1-4H3. The van der Waals surface area contributed by atoms with Crippen molar-refractivity contribution in [1.82, 2.24) is 0 Å². The monoisotopic (exact) mass is 264 g/mol. The van der Waals surface area contributed by atoms with E-state index in [0.717, 1.165) is 0 Å². The third-order valence-corrected chi connectivity index (χ3v) is 5.38. The molecule has 0 bridgehead atoms. The largest absolute Gasteiger partial charge is 0.0805 e. The Kier molecular flexibility index (Phi) is 3.58. The average molecular weight is 264 g/mol. The van der Waals surface area contributed by atoms with Gasteiger partial charge in [-0.15, -0.1) is 0 Å². The van der Waals surface area contributed by atoms with Crippen molar-refractivity contribution in [2.75, 3.05) is 0 Å². The zero-order chi connectivity index (χ0) is 14.3. The van der Waals surface area contributed by atoms with E-state index in [4.69, 9.17) is 0 Å². The van der Waals surface area contributed by atoms with Crippen molar-refractivity contribution in [2.45, 2.75) is 40.0 Å². The Morgan fingerprint density at radius 3 is 2.50 bits per heavy atom. The lowest BCUT2D eigenvalue weighted by Crippen LogP contribution is -2.15. The van der Waals surface area contributed by atoms with Gasteiger partial charge in [0.1, 0.15) is 0 Å². The van der Waals surface area contributed by atoms with Crippen LogP contribution in [0.15, 0.2) is 36.4 Å². The molecule has 2 aliphatic carbocycles. The minimum Gasteiger partial charge on any atom is -0.0805 e. The van der Waals surface area contributed by atoms with E-state index < -0.39 is 0 Å². The van der Waals surface area contributed by atoms with E-state index in [1.807, 2.05) is 0 Å². The van der Waals surface area contributed by atoms with Gasteiger partial charge >= 0.3 is 0 Å². The fourth-order valence-electron chi connectivity index (χ4n) is 3.90. The smallest absolute Gasteiger partial charge is 0.000869 e. The summed E-state index contributed by atoms with van der Waals surface area (Å²) < 4.78 is 0. The van der Waals surface area contributed by atoms with Crippen molar-refractivity contribution in [3.05, 3.63) is 65.1 Å². The van der Waals surface area contributed by atoms with Crippen LogP contribution in [0.3, 0.4) is 0 Å². The molecular weight excluding hydrogens is 240 g/mol. The Morgan fingerprint density at radius 2 is 1.75 bits per heavy atom. The second kappa shape index (κ2) is 5.24. The summed E-state index contributed by atoms with van der Waals surface area (Å²) in [5.74, 6) is 2.34. The predicted molar refractivity (Wildman–Crippen MR) is 85.7 cm³/mol. The maximum Gasteiger partial charge on any atom is -0.000869 e. The molecule has 4 atom stereocenters. The van der Waals surface area contributed by atoms with Gasteiger partial charge < -0.3 is 0 Å². The van der Waals surface area contributed by atoms with E-state index in [9.17, 15) is 0 Å². The quantitative estimate of drug-likeness (QED) is 0.691. The molecule has 1 saturated carbocycles. The van der Waals surface area contributed by atoms with Gasteiger partial charge in [0, 0.05) is 0 Å². The van der Waals surface area contributed by atoms with Crippen LogP contribution in [0.25, 0.3) is 0 Å². The van der Waals surface area contributed by atoms with Gasteiger partial charge in [0.25, 0.3) is 0 Å². The second-order valence-corrected chi connectivity index (χ2v) is 6.31. The average Bonchev–Trinajstić information content (AvgIpc) is 2.83. The van der Waals surface area contributed by atoms with Gasteiger partial charge in [-0.3, -0.25) is 0 Å². The topological polar surface area (TPSA) is 0 Å². The van der Waals surface area contributed by atoms with Crippen molar-refractivity contribution < 1.29 is 0 Å². The normalized spacial score (nSPS) is 31.6. The molecule has 0 N–H and O–H groups in total. The SMILES string of the molecule is CCC1C(c2ccc(C)c(C)c2C)[C]C2C=CC=CC21. The third-order valence-electron chi connectivity index (χ3n) is 5.38. The summed E-state index contributed by atoms with van der Waals surface area (Å²) in [4.78, 5) is 0. The fourth-order valence-corrected chi connectivity index (χ4v) is 3.90. The first-order chi connectivity index (χ1) is 9.63. The molecule has 2 radical (unpaired) electrons. The molecule has 20 heavy (non-hydrogen) atoms. The van der Waals surface area contributed by atoms with Crippen LogP contribution in [0.4, 0.5) is 0 Å². The highest BCUT2D eigenvalue weighted by Crippen LogP contribution is 2.51. The molecule has 0 aromatic heterocycles. The Hall–Kier alpha value is -1.30. The summed E-state index contributed by atoms with van der Waals surface area (Å²) in [5, 5.41) is 0. The van der Waals surface area contributed by atoms with Crippen LogP contribution in [0.1, 0.15) is 41.5 Å². The summed E-state index contributed by atoms with van der Waals surface area (Å²) in [5.41, 5.74) is 5.80. The molecule has 3 rings (SSSR count). The number of benzene rings is 1. The summed E-state index contributed by atoms with van der Waals surface area (Å²) in [7, 11) is 0. The van der Waals surface area contributed by atoms with Crippen LogP contribution >= 0.6 is 0 Å². The van der Waals surface area contributed by atoms with Crippen LogP contribution in [0.2, 0.25) is 0 Å². The van der Waals surface area contributed by atoms with Gasteiger partial charge in [-0.2, -0.15) is 0 Å². The number of hydrogen-bond acceptors (Lipinski definition) is 0. The first-order valence-corrected chi connectivity index (χ1v) is 7.81. The first kappa shape index (κ1) is 13.7. The van der Waals surface area contributed by atoms with E-state index in [2.05, 4.69) is 70.6 Å². The number of allylic oxidation sites excluding steroid dienone is 4. The van der Waals surface area contributed by atoms with Gasteiger partial charge in [0.2, 0.25) is 0 Å². The fraction of sp³-hybridized carbons (Fsp3) is 0.450. The minimum atomic E-state index is 0.488. The molecule has 1 aromatic rings. The summed E-state index contributed by atoms with van der Waals surface area (Å²) >= 11 is 0. The molecule has 1 fully saturated rings. The van der Waals surface area contributed by atoms with Crippen LogP contribution < -0.4 is 0 Å². The third kappa shape index (κ3) is 2.06. The maximum absolute atomic E-state index is 3.86. The highest BCUT2D eigenvalue weighted by molar-refractivity contribution is 5.44. The molecule has 0 saturated heterocycles. The Morgan fingerprint density at radius 1 is 1.00 bits per heavy atom. The van der Waals surface area contributed by atoms with E-state index in [-0.39, 0.29) is 0 Å². The summed E-state index contributed by atoms with van der Waals surface area (Å²) in [6.45, 7) is 9.05. The molecule has 0 heteroatoms. The molecule has 0 spiro atoms. The lowest BCUT2D eigenvalue weighted by Gasteiger charge is -2.25.